The van der Waals surface area contributed by atoms with Crippen LogP contribution in [0.5, 0.6) is 0 Å². The topological polar surface area (TPSA) is 58.6 Å². The van der Waals surface area contributed by atoms with Gasteiger partial charge in [0, 0.05) is 38.1 Å². The molecule has 0 unspecified atom stereocenters. The maximum absolute atomic E-state index is 12.1. The Morgan fingerprint density at radius 2 is 1.95 bits per heavy atom. The molecule has 1 amide bonds. The number of aromatic nitrogens is 2. The number of nitrogens with zero attached hydrogens (tertiary/aromatic N) is 4. The summed E-state index contributed by atoms with van der Waals surface area (Å²) in [5.74, 6) is 0.711. The van der Waals surface area contributed by atoms with Gasteiger partial charge in [-0.25, -0.2) is 14.8 Å². The largest absolute Gasteiger partial charge is 0.444 e. The summed E-state index contributed by atoms with van der Waals surface area (Å²) in [5, 5.41) is 0. The summed E-state index contributed by atoms with van der Waals surface area (Å²) in [6, 6.07) is 1.87. The summed E-state index contributed by atoms with van der Waals surface area (Å²) in [5.41, 5.74) is -0.462. The highest BCUT2D eigenvalue weighted by molar-refractivity contribution is 5.69. The number of hydrogen-bond donors (Lipinski definition) is 0. The third kappa shape index (κ3) is 3.59. The van der Waals surface area contributed by atoms with E-state index in [1.165, 1.54) is 0 Å². The first-order valence-electron chi connectivity index (χ1n) is 6.88. The molecule has 1 aliphatic heterocycles. The molecule has 0 radical (unpaired) electrons. The van der Waals surface area contributed by atoms with Gasteiger partial charge in [-0.1, -0.05) is 0 Å². The second kappa shape index (κ2) is 5.64. The lowest BCUT2D eigenvalue weighted by Crippen LogP contribution is -2.55. The summed E-state index contributed by atoms with van der Waals surface area (Å²) in [6.07, 6.45) is 3.21. The quantitative estimate of drug-likeness (QED) is 0.785. The van der Waals surface area contributed by atoms with Gasteiger partial charge in [0.25, 0.3) is 0 Å². The minimum absolute atomic E-state index is 0.0717. The summed E-state index contributed by atoms with van der Waals surface area (Å²) in [7, 11) is 0. The van der Waals surface area contributed by atoms with Crippen molar-refractivity contribution in [2.45, 2.75) is 39.3 Å². The van der Waals surface area contributed by atoms with Crippen molar-refractivity contribution in [3.63, 3.8) is 0 Å². The predicted octanol–water partition coefficient (Wildman–Crippen LogP) is 1.92. The third-order valence-corrected chi connectivity index (χ3v) is 3.09. The van der Waals surface area contributed by atoms with E-state index >= 15 is 0 Å². The summed E-state index contributed by atoms with van der Waals surface area (Å²) in [6.45, 7) is 9.70. The summed E-state index contributed by atoms with van der Waals surface area (Å²) < 4.78 is 5.43. The standard InChI is InChI=1S/C14H22N4O2/c1-11-10-17(12-15-6-5-7-16-12)8-9-18(11)13(19)20-14(2,3)4/h5-7,11H,8-10H2,1-4H3/t11-/m1/s1. The Morgan fingerprint density at radius 3 is 2.50 bits per heavy atom. The fraction of sp³-hybridized carbons (Fsp3) is 0.643. The second-order valence-corrected chi connectivity index (χ2v) is 6.02. The van der Waals surface area contributed by atoms with E-state index < -0.39 is 5.60 Å². The van der Waals surface area contributed by atoms with Crippen molar-refractivity contribution in [1.29, 1.82) is 0 Å². The van der Waals surface area contributed by atoms with Crippen molar-refractivity contribution < 1.29 is 9.53 Å². The first-order chi connectivity index (χ1) is 9.37. The van der Waals surface area contributed by atoms with Crippen molar-refractivity contribution in [2.24, 2.45) is 0 Å². The maximum Gasteiger partial charge on any atom is 0.410 e. The number of piperazine rings is 1. The molecule has 0 bridgehead atoms. The SMILES string of the molecule is C[C@@H]1CN(c2ncccn2)CCN1C(=O)OC(C)(C)C. The van der Waals surface area contributed by atoms with Crippen LogP contribution in [0.15, 0.2) is 18.5 Å². The van der Waals surface area contributed by atoms with Crippen LogP contribution in [0.1, 0.15) is 27.7 Å². The Morgan fingerprint density at radius 1 is 1.30 bits per heavy atom. The van der Waals surface area contributed by atoms with Crippen LogP contribution in [-0.2, 0) is 4.74 Å². The molecule has 0 spiro atoms. The minimum atomic E-state index is -0.462. The van der Waals surface area contributed by atoms with Gasteiger partial charge in [0.2, 0.25) is 5.95 Å². The molecule has 20 heavy (non-hydrogen) atoms. The number of carbonyl (C=O) groups is 1. The molecular weight excluding hydrogens is 256 g/mol. The average Bonchev–Trinajstić information content (AvgIpc) is 2.37. The third-order valence-electron chi connectivity index (χ3n) is 3.09. The van der Waals surface area contributed by atoms with E-state index in [0.29, 0.717) is 25.6 Å². The molecule has 0 aliphatic carbocycles. The Kier molecular flexibility index (Phi) is 4.11. The zero-order valence-corrected chi connectivity index (χ0v) is 12.5. The van der Waals surface area contributed by atoms with Gasteiger partial charge in [0.15, 0.2) is 0 Å². The summed E-state index contributed by atoms with van der Waals surface area (Å²) >= 11 is 0. The van der Waals surface area contributed by atoms with Gasteiger partial charge in [0.05, 0.1) is 0 Å². The van der Waals surface area contributed by atoms with Crippen LogP contribution in [0.3, 0.4) is 0 Å². The van der Waals surface area contributed by atoms with Crippen LogP contribution < -0.4 is 4.90 Å². The number of hydrogen-bond acceptors (Lipinski definition) is 5. The van der Waals surface area contributed by atoms with Crippen LogP contribution in [0.2, 0.25) is 0 Å². The average molecular weight is 278 g/mol. The van der Waals surface area contributed by atoms with Gasteiger partial charge in [-0.2, -0.15) is 0 Å². The van der Waals surface area contributed by atoms with Crippen LogP contribution in [-0.4, -0.2) is 52.2 Å². The number of carbonyl (C=O) groups excluding carboxylic acids is 1. The lowest BCUT2D eigenvalue weighted by Gasteiger charge is -2.40. The molecule has 110 valence electrons. The minimum Gasteiger partial charge on any atom is -0.444 e. The van der Waals surface area contributed by atoms with Crippen LogP contribution in [0.4, 0.5) is 10.7 Å². The molecule has 0 aromatic carbocycles. The molecule has 2 heterocycles. The van der Waals surface area contributed by atoms with E-state index in [1.54, 1.807) is 23.4 Å². The van der Waals surface area contributed by atoms with Crippen molar-refractivity contribution >= 4 is 12.0 Å². The van der Waals surface area contributed by atoms with Crippen LogP contribution in [0, 0.1) is 0 Å². The monoisotopic (exact) mass is 278 g/mol. The Balaban J connectivity index is 1.98. The van der Waals surface area contributed by atoms with Crippen molar-refractivity contribution in [2.75, 3.05) is 24.5 Å². The molecule has 0 N–H and O–H groups in total. The molecule has 1 saturated heterocycles. The first-order valence-corrected chi connectivity index (χ1v) is 6.88. The van der Waals surface area contributed by atoms with E-state index in [1.807, 2.05) is 27.7 Å². The van der Waals surface area contributed by atoms with Crippen molar-refractivity contribution in [3.05, 3.63) is 18.5 Å². The van der Waals surface area contributed by atoms with Gasteiger partial charge in [-0.15, -0.1) is 0 Å². The van der Waals surface area contributed by atoms with Gasteiger partial charge in [0.1, 0.15) is 5.60 Å². The van der Waals surface area contributed by atoms with Gasteiger partial charge >= 0.3 is 6.09 Å². The number of ether oxygens (including phenoxy) is 1. The summed E-state index contributed by atoms with van der Waals surface area (Å²) in [4.78, 5) is 24.5. The number of rotatable bonds is 1. The molecule has 1 aliphatic rings. The first kappa shape index (κ1) is 14.6. The molecular formula is C14H22N4O2. The van der Waals surface area contributed by atoms with Gasteiger partial charge in [-0.05, 0) is 33.8 Å². The predicted molar refractivity (Wildman–Crippen MR) is 76.6 cm³/mol. The van der Waals surface area contributed by atoms with E-state index in [-0.39, 0.29) is 12.1 Å². The molecule has 6 nitrogen and oxygen atoms in total. The molecule has 1 aromatic heterocycles. The van der Waals surface area contributed by atoms with Gasteiger partial charge < -0.3 is 14.5 Å². The lowest BCUT2D eigenvalue weighted by molar-refractivity contribution is 0.0158. The highest BCUT2D eigenvalue weighted by Crippen LogP contribution is 2.17. The second-order valence-electron chi connectivity index (χ2n) is 6.02. The zero-order chi connectivity index (χ0) is 14.8. The molecule has 1 aromatic rings. The normalized spacial score (nSPS) is 19.9. The zero-order valence-electron chi connectivity index (χ0n) is 12.5. The fourth-order valence-corrected chi connectivity index (χ4v) is 2.19. The number of anilines is 1. The molecule has 1 fully saturated rings. The maximum atomic E-state index is 12.1. The van der Waals surface area contributed by atoms with E-state index in [4.69, 9.17) is 4.74 Å². The molecule has 6 heteroatoms. The Labute approximate surface area is 119 Å². The van der Waals surface area contributed by atoms with E-state index in [0.717, 1.165) is 0 Å². The van der Waals surface area contributed by atoms with Crippen molar-refractivity contribution in [1.82, 2.24) is 14.9 Å². The number of amides is 1. The van der Waals surface area contributed by atoms with Crippen LogP contribution in [0.25, 0.3) is 0 Å². The lowest BCUT2D eigenvalue weighted by atomic mass is 10.2. The highest BCUT2D eigenvalue weighted by atomic mass is 16.6. The van der Waals surface area contributed by atoms with Crippen LogP contribution >= 0.6 is 0 Å². The van der Waals surface area contributed by atoms with Crippen molar-refractivity contribution in [3.8, 4) is 0 Å². The molecule has 0 saturated carbocycles. The fourth-order valence-electron chi connectivity index (χ4n) is 2.19. The van der Waals surface area contributed by atoms with E-state index in [9.17, 15) is 4.79 Å². The Hall–Kier alpha value is -1.85. The van der Waals surface area contributed by atoms with Gasteiger partial charge in [-0.3, -0.25) is 0 Å². The smallest absolute Gasteiger partial charge is 0.410 e. The molecule has 1 atom stereocenters. The highest BCUT2D eigenvalue weighted by Gasteiger charge is 2.31. The van der Waals surface area contributed by atoms with E-state index in [2.05, 4.69) is 14.9 Å². The Bertz CT molecular complexity index is 458. The molecule has 2 rings (SSSR count).